The van der Waals surface area contributed by atoms with E-state index in [1.807, 2.05) is 25.1 Å². The number of hydrogen-bond acceptors (Lipinski definition) is 5. The zero-order valence-electron chi connectivity index (χ0n) is 14.3. The molecule has 0 unspecified atom stereocenters. The molecule has 6 nitrogen and oxygen atoms in total. The van der Waals surface area contributed by atoms with Crippen molar-refractivity contribution >= 4 is 10.0 Å². The number of ether oxygens (including phenoxy) is 1. The van der Waals surface area contributed by atoms with Crippen molar-refractivity contribution in [3.8, 4) is 17.0 Å². The second-order valence-electron chi connectivity index (χ2n) is 5.45. The first-order valence-electron chi connectivity index (χ1n) is 8.17. The molecule has 1 aromatic carbocycles. The minimum Gasteiger partial charge on any atom is -0.492 e. The van der Waals surface area contributed by atoms with Crippen molar-refractivity contribution in [3.05, 3.63) is 72.7 Å². The smallest absolute Gasteiger partial charge is 0.244 e. The molecule has 0 bridgehead atoms. The highest BCUT2D eigenvalue weighted by atomic mass is 32.2. The maximum absolute atomic E-state index is 12.7. The number of pyridine rings is 2. The zero-order valence-corrected chi connectivity index (χ0v) is 15.1. The second kappa shape index (κ2) is 8.07. The van der Waals surface area contributed by atoms with Crippen LogP contribution in [0.5, 0.6) is 5.75 Å². The summed E-state index contributed by atoms with van der Waals surface area (Å²) in [5.74, 6) is 0.336. The minimum absolute atomic E-state index is 0.119. The van der Waals surface area contributed by atoms with Crippen LogP contribution in [0.2, 0.25) is 0 Å². The van der Waals surface area contributed by atoms with Gasteiger partial charge in [0.25, 0.3) is 0 Å². The summed E-state index contributed by atoms with van der Waals surface area (Å²) in [6.45, 7) is 2.32. The van der Waals surface area contributed by atoms with Crippen LogP contribution in [-0.2, 0) is 16.6 Å². The molecule has 0 atom stereocenters. The van der Waals surface area contributed by atoms with E-state index < -0.39 is 10.0 Å². The molecule has 7 heteroatoms. The maximum Gasteiger partial charge on any atom is 0.244 e. The summed E-state index contributed by atoms with van der Waals surface area (Å²) in [7, 11) is -3.73. The van der Waals surface area contributed by atoms with Crippen LogP contribution in [0, 0.1) is 0 Å². The van der Waals surface area contributed by atoms with E-state index in [-0.39, 0.29) is 11.4 Å². The van der Waals surface area contributed by atoms with Crippen LogP contribution in [-0.4, -0.2) is 25.0 Å². The van der Waals surface area contributed by atoms with Crippen molar-refractivity contribution in [2.24, 2.45) is 0 Å². The van der Waals surface area contributed by atoms with Crippen LogP contribution >= 0.6 is 0 Å². The summed E-state index contributed by atoms with van der Waals surface area (Å²) in [6, 6.07) is 13.9. The van der Waals surface area contributed by atoms with Gasteiger partial charge in [0, 0.05) is 30.7 Å². The lowest BCUT2D eigenvalue weighted by Gasteiger charge is -2.13. The van der Waals surface area contributed by atoms with Crippen molar-refractivity contribution in [1.29, 1.82) is 0 Å². The predicted octanol–water partition coefficient (Wildman–Crippen LogP) is 3.02. The highest BCUT2D eigenvalue weighted by Crippen LogP contribution is 2.24. The summed E-state index contributed by atoms with van der Waals surface area (Å²) in [4.78, 5) is 8.50. The molecule has 0 amide bonds. The monoisotopic (exact) mass is 369 g/mol. The van der Waals surface area contributed by atoms with E-state index in [1.165, 1.54) is 6.07 Å². The summed E-state index contributed by atoms with van der Waals surface area (Å²) in [6.07, 6.45) is 5.03. The molecule has 0 radical (unpaired) electrons. The fraction of sp³-hybridized carbons (Fsp3) is 0.158. The molecular weight excluding hydrogens is 350 g/mol. The molecule has 0 saturated carbocycles. The summed E-state index contributed by atoms with van der Waals surface area (Å²) in [5, 5.41) is 0. The molecule has 2 heterocycles. The number of para-hydroxylation sites is 1. The molecule has 0 aliphatic heterocycles. The first-order valence-corrected chi connectivity index (χ1v) is 9.66. The number of aromatic nitrogens is 2. The number of sulfonamides is 1. The lowest BCUT2D eigenvalue weighted by atomic mass is 10.1. The van der Waals surface area contributed by atoms with Gasteiger partial charge in [-0.1, -0.05) is 18.2 Å². The van der Waals surface area contributed by atoms with Crippen molar-refractivity contribution in [3.63, 3.8) is 0 Å². The summed E-state index contributed by atoms with van der Waals surface area (Å²) in [5.41, 5.74) is 2.37. The molecule has 2 aromatic heterocycles. The molecule has 0 aliphatic carbocycles. The molecule has 0 saturated heterocycles. The van der Waals surface area contributed by atoms with Crippen molar-refractivity contribution in [1.82, 2.24) is 14.7 Å². The largest absolute Gasteiger partial charge is 0.492 e. The molecule has 0 spiro atoms. The van der Waals surface area contributed by atoms with Crippen LogP contribution in [0.25, 0.3) is 11.3 Å². The number of rotatable bonds is 7. The van der Waals surface area contributed by atoms with Gasteiger partial charge in [0.1, 0.15) is 10.6 Å². The van der Waals surface area contributed by atoms with Gasteiger partial charge in [-0.05, 0) is 42.8 Å². The molecule has 3 aromatic rings. The van der Waals surface area contributed by atoms with Crippen LogP contribution in [0.15, 0.2) is 72.0 Å². The third-order valence-corrected chi connectivity index (χ3v) is 5.18. The van der Waals surface area contributed by atoms with Gasteiger partial charge in [0.15, 0.2) is 0 Å². The minimum atomic E-state index is -3.73. The number of hydrogen-bond donors (Lipinski definition) is 1. The molecular formula is C19H19N3O3S. The lowest BCUT2D eigenvalue weighted by molar-refractivity contribution is 0.331. The molecule has 134 valence electrons. The Morgan fingerprint density at radius 2 is 1.77 bits per heavy atom. The molecule has 26 heavy (non-hydrogen) atoms. The van der Waals surface area contributed by atoms with Gasteiger partial charge in [-0.25, -0.2) is 13.1 Å². The first-order chi connectivity index (χ1) is 12.6. The topological polar surface area (TPSA) is 81.2 Å². The quantitative estimate of drug-likeness (QED) is 0.692. The summed E-state index contributed by atoms with van der Waals surface area (Å²) < 4.78 is 33.5. The van der Waals surface area contributed by atoms with Gasteiger partial charge < -0.3 is 4.74 Å². The van der Waals surface area contributed by atoms with Crippen molar-refractivity contribution in [2.45, 2.75) is 18.4 Å². The Hall–Kier alpha value is -2.77. The molecule has 0 fully saturated rings. The van der Waals surface area contributed by atoms with E-state index >= 15 is 0 Å². The Kier molecular flexibility index (Phi) is 5.60. The van der Waals surface area contributed by atoms with Gasteiger partial charge in [-0.2, -0.15) is 0 Å². The SMILES string of the molecule is CCOc1ccccc1S(=O)(=O)NCc1cccnc1-c1ccncc1. The van der Waals surface area contributed by atoms with E-state index in [9.17, 15) is 8.42 Å². The molecule has 1 N–H and O–H groups in total. The van der Waals surface area contributed by atoms with Crippen LogP contribution < -0.4 is 9.46 Å². The van der Waals surface area contributed by atoms with Gasteiger partial charge in [-0.3, -0.25) is 9.97 Å². The van der Waals surface area contributed by atoms with E-state index in [1.54, 1.807) is 42.9 Å². The van der Waals surface area contributed by atoms with E-state index in [0.717, 1.165) is 16.8 Å². The van der Waals surface area contributed by atoms with Gasteiger partial charge in [-0.15, -0.1) is 0 Å². The Morgan fingerprint density at radius 3 is 2.54 bits per heavy atom. The van der Waals surface area contributed by atoms with Crippen molar-refractivity contribution in [2.75, 3.05) is 6.61 Å². The molecule has 3 rings (SSSR count). The Bertz CT molecular complexity index is 976. The standard InChI is InChI=1S/C19H19N3O3S/c1-2-25-17-7-3-4-8-18(17)26(23,24)22-14-16-6-5-11-21-19(16)15-9-12-20-13-10-15/h3-13,22H,2,14H2,1H3. The van der Waals surface area contributed by atoms with Crippen LogP contribution in [0.1, 0.15) is 12.5 Å². The van der Waals surface area contributed by atoms with Crippen LogP contribution in [0.4, 0.5) is 0 Å². The highest BCUT2D eigenvalue weighted by Gasteiger charge is 2.19. The van der Waals surface area contributed by atoms with Gasteiger partial charge in [0.2, 0.25) is 10.0 Å². The third-order valence-electron chi connectivity index (χ3n) is 3.74. The van der Waals surface area contributed by atoms with Gasteiger partial charge in [0.05, 0.1) is 12.3 Å². The Morgan fingerprint density at radius 1 is 1.00 bits per heavy atom. The third kappa shape index (κ3) is 4.07. The van der Waals surface area contributed by atoms with E-state index in [0.29, 0.717) is 12.4 Å². The summed E-state index contributed by atoms with van der Waals surface area (Å²) >= 11 is 0. The number of benzene rings is 1. The van der Waals surface area contributed by atoms with Crippen LogP contribution in [0.3, 0.4) is 0 Å². The lowest BCUT2D eigenvalue weighted by Crippen LogP contribution is -2.24. The van der Waals surface area contributed by atoms with E-state index in [2.05, 4.69) is 14.7 Å². The first kappa shape index (κ1) is 18.0. The molecule has 0 aliphatic rings. The zero-order chi connectivity index (χ0) is 18.4. The predicted molar refractivity (Wildman–Crippen MR) is 99.1 cm³/mol. The maximum atomic E-state index is 12.7. The fourth-order valence-corrected chi connectivity index (χ4v) is 3.70. The average molecular weight is 369 g/mol. The normalized spacial score (nSPS) is 11.3. The fourth-order valence-electron chi connectivity index (χ4n) is 2.55. The Labute approximate surface area is 153 Å². The highest BCUT2D eigenvalue weighted by molar-refractivity contribution is 7.89. The number of nitrogens with one attached hydrogen (secondary N) is 1. The number of nitrogens with zero attached hydrogens (tertiary/aromatic N) is 2. The Balaban J connectivity index is 1.86. The van der Waals surface area contributed by atoms with Gasteiger partial charge >= 0.3 is 0 Å². The van der Waals surface area contributed by atoms with Crippen molar-refractivity contribution < 1.29 is 13.2 Å². The van der Waals surface area contributed by atoms with E-state index in [4.69, 9.17) is 4.74 Å². The second-order valence-corrected chi connectivity index (χ2v) is 7.19. The average Bonchev–Trinajstić information content (AvgIpc) is 2.68.